The van der Waals surface area contributed by atoms with Crippen LogP contribution in [0.1, 0.15) is 11.3 Å². The molecule has 0 saturated heterocycles. The number of aromatic amines is 1. The quantitative estimate of drug-likeness (QED) is 0.762. The zero-order valence-electron chi connectivity index (χ0n) is 8.35. The van der Waals surface area contributed by atoms with E-state index in [2.05, 4.69) is 27.0 Å². The highest BCUT2D eigenvalue weighted by atomic mass is 15.2. The lowest BCUT2D eigenvalue weighted by Gasteiger charge is -1.99. The molecule has 0 bridgehead atoms. The monoisotopic (exact) mass is 203 g/mol. The molecule has 0 spiro atoms. The minimum atomic E-state index is 0.777. The van der Waals surface area contributed by atoms with Crippen LogP contribution in [0, 0.1) is 0 Å². The molecule has 0 aliphatic rings. The first-order valence-electron chi connectivity index (χ1n) is 4.72. The number of hydrogen-bond acceptors (Lipinski definition) is 3. The Morgan fingerprint density at radius 1 is 1.47 bits per heavy atom. The van der Waals surface area contributed by atoms with Gasteiger partial charge in [-0.25, -0.2) is 9.67 Å². The summed E-state index contributed by atoms with van der Waals surface area (Å²) >= 11 is 0. The summed E-state index contributed by atoms with van der Waals surface area (Å²) in [4.78, 5) is 6.97. The number of imidazole rings is 1. The molecular formula is C10H13N5. The molecular weight excluding hydrogens is 190 g/mol. The van der Waals surface area contributed by atoms with Crippen LogP contribution < -0.4 is 5.32 Å². The number of nitrogens with zero attached hydrogens (tertiary/aromatic N) is 3. The summed E-state index contributed by atoms with van der Waals surface area (Å²) < 4.78 is 1.69. The molecule has 5 heteroatoms. The van der Waals surface area contributed by atoms with Gasteiger partial charge in [-0.2, -0.15) is 5.10 Å². The molecule has 0 unspecified atom stereocenters. The van der Waals surface area contributed by atoms with Crippen molar-refractivity contribution in [1.29, 1.82) is 0 Å². The Kier molecular flexibility index (Phi) is 2.94. The van der Waals surface area contributed by atoms with Crippen LogP contribution in [0.5, 0.6) is 0 Å². The van der Waals surface area contributed by atoms with Crippen LogP contribution in [-0.2, 0) is 13.1 Å². The molecule has 0 amide bonds. The molecule has 0 fully saturated rings. The van der Waals surface area contributed by atoms with Gasteiger partial charge in [-0.1, -0.05) is 6.58 Å². The van der Waals surface area contributed by atoms with Gasteiger partial charge in [-0.3, -0.25) is 0 Å². The predicted octanol–water partition coefficient (Wildman–Crippen LogP) is 0.996. The molecule has 5 nitrogen and oxygen atoms in total. The van der Waals surface area contributed by atoms with Gasteiger partial charge in [0.15, 0.2) is 0 Å². The molecule has 15 heavy (non-hydrogen) atoms. The van der Waals surface area contributed by atoms with Gasteiger partial charge >= 0.3 is 0 Å². The fourth-order valence-corrected chi connectivity index (χ4v) is 1.29. The van der Waals surface area contributed by atoms with E-state index in [-0.39, 0.29) is 0 Å². The van der Waals surface area contributed by atoms with Gasteiger partial charge in [-0.05, 0) is 0 Å². The second-order valence-corrected chi connectivity index (χ2v) is 3.19. The maximum Gasteiger partial charge on any atom is 0.0922 e. The van der Waals surface area contributed by atoms with Gasteiger partial charge in [0.1, 0.15) is 0 Å². The third kappa shape index (κ3) is 2.54. The van der Waals surface area contributed by atoms with E-state index in [0.717, 1.165) is 24.3 Å². The third-order valence-corrected chi connectivity index (χ3v) is 2.04. The van der Waals surface area contributed by atoms with Crippen LogP contribution in [-0.4, -0.2) is 19.7 Å². The van der Waals surface area contributed by atoms with Gasteiger partial charge in [0.2, 0.25) is 0 Å². The van der Waals surface area contributed by atoms with Gasteiger partial charge in [0, 0.05) is 42.9 Å². The molecule has 2 aromatic rings. The van der Waals surface area contributed by atoms with Crippen molar-refractivity contribution in [2.45, 2.75) is 13.1 Å². The summed E-state index contributed by atoms with van der Waals surface area (Å²) in [6.45, 7) is 5.19. The SMILES string of the molecule is C=Cn1cc(CNCc2cnc[nH]2)cn1. The van der Waals surface area contributed by atoms with Crippen LogP contribution in [0.25, 0.3) is 6.20 Å². The molecule has 2 rings (SSSR count). The summed E-state index contributed by atoms with van der Waals surface area (Å²) in [6.07, 6.45) is 8.90. The standard InChI is InChI=1S/C10H13N5/c1-2-15-7-9(4-14-15)3-11-5-10-6-12-8-13-10/h2,4,6-8,11H,1,3,5H2,(H,12,13). The van der Waals surface area contributed by atoms with E-state index in [4.69, 9.17) is 0 Å². The van der Waals surface area contributed by atoms with Crippen LogP contribution in [0.4, 0.5) is 0 Å². The van der Waals surface area contributed by atoms with Gasteiger partial charge in [0.25, 0.3) is 0 Å². The second kappa shape index (κ2) is 4.56. The lowest BCUT2D eigenvalue weighted by atomic mass is 10.3. The maximum absolute atomic E-state index is 4.09. The van der Waals surface area contributed by atoms with E-state index in [1.165, 1.54) is 0 Å². The summed E-state index contributed by atoms with van der Waals surface area (Å²) in [5.74, 6) is 0. The summed E-state index contributed by atoms with van der Waals surface area (Å²) in [6, 6.07) is 0. The topological polar surface area (TPSA) is 58.5 Å². The van der Waals surface area contributed by atoms with Crippen molar-refractivity contribution < 1.29 is 0 Å². The number of nitrogens with one attached hydrogen (secondary N) is 2. The van der Waals surface area contributed by atoms with Crippen molar-refractivity contribution in [1.82, 2.24) is 25.1 Å². The van der Waals surface area contributed by atoms with E-state index < -0.39 is 0 Å². The van der Waals surface area contributed by atoms with Crippen LogP contribution in [0.2, 0.25) is 0 Å². The van der Waals surface area contributed by atoms with E-state index in [1.54, 1.807) is 23.4 Å². The molecule has 0 saturated carbocycles. The first-order chi connectivity index (χ1) is 7.38. The summed E-state index contributed by atoms with van der Waals surface area (Å²) in [5.41, 5.74) is 2.21. The number of H-pyrrole nitrogens is 1. The summed E-state index contributed by atoms with van der Waals surface area (Å²) in [7, 11) is 0. The number of rotatable bonds is 5. The largest absolute Gasteiger partial charge is 0.347 e. The van der Waals surface area contributed by atoms with Crippen LogP contribution in [0.3, 0.4) is 0 Å². The van der Waals surface area contributed by atoms with Crippen molar-refractivity contribution >= 4 is 6.20 Å². The average molecular weight is 203 g/mol. The second-order valence-electron chi connectivity index (χ2n) is 3.19. The first-order valence-corrected chi connectivity index (χ1v) is 4.72. The van der Waals surface area contributed by atoms with Gasteiger partial charge in [-0.15, -0.1) is 0 Å². The Morgan fingerprint density at radius 2 is 2.40 bits per heavy atom. The number of hydrogen-bond donors (Lipinski definition) is 2. The lowest BCUT2D eigenvalue weighted by Crippen LogP contribution is -2.12. The Hall–Kier alpha value is -1.88. The van der Waals surface area contributed by atoms with Crippen molar-refractivity contribution in [3.05, 3.63) is 42.8 Å². The Labute approximate surface area is 87.8 Å². The van der Waals surface area contributed by atoms with E-state index >= 15 is 0 Å². The molecule has 2 aromatic heterocycles. The normalized spacial score (nSPS) is 10.4. The third-order valence-electron chi connectivity index (χ3n) is 2.04. The highest BCUT2D eigenvalue weighted by molar-refractivity contribution is 5.17. The van der Waals surface area contributed by atoms with E-state index in [1.807, 2.05) is 12.4 Å². The Balaban J connectivity index is 1.80. The van der Waals surface area contributed by atoms with Crippen molar-refractivity contribution in [2.75, 3.05) is 0 Å². The van der Waals surface area contributed by atoms with Crippen molar-refractivity contribution in [2.24, 2.45) is 0 Å². The molecule has 0 aliphatic heterocycles. The smallest absolute Gasteiger partial charge is 0.0922 e. The van der Waals surface area contributed by atoms with Crippen molar-refractivity contribution in [3.63, 3.8) is 0 Å². The summed E-state index contributed by atoms with van der Waals surface area (Å²) in [5, 5.41) is 7.37. The first kappa shape index (κ1) is 9.67. The van der Waals surface area contributed by atoms with Crippen LogP contribution >= 0.6 is 0 Å². The zero-order valence-corrected chi connectivity index (χ0v) is 8.35. The van der Waals surface area contributed by atoms with Crippen LogP contribution in [0.15, 0.2) is 31.5 Å². The average Bonchev–Trinajstić information content (AvgIpc) is 2.88. The molecule has 0 aliphatic carbocycles. The van der Waals surface area contributed by atoms with Crippen molar-refractivity contribution in [3.8, 4) is 0 Å². The molecule has 78 valence electrons. The highest BCUT2D eigenvalue weighted by Gasteiger charge is 1.97. The zero-order chi connectivity index (χ0) is 10.5. The Bertz CT molecular complexity index is 415. The Morgan fingerprint density at radius 3 is 3.07 bits per heavy atom. The number of aromatic nitrogens is 4. The lowest BCUT2D eigenvalue weighted by molar-refractivity contribution is 0.682. The maximum atomic E-state index is 4.09. The molecule has 2 heterocycles. The fraction of sp³-hybridized carbons (Fsp3) is 0.200. The predicted molar refractivity (Wildman–Crippen MR) is 57.7 cm³/mol. The molecule has 2 N–H and O–H groups in total. The highest BCUT2D eigenvalue weighted by Crippen LogP contribution is 1.98. The van der Waals surface area contributed by atoms with E-state index in [9.17, 15) is 0 Å². The minimum Gasteiger partial charge on any atom is -0.347 e. The van der Waals surface area contributed by atoms with E-state index in [0.29, 0.717) is 0 Å². The minimum absolute atomic E-state index is 0.777. The fourth-order valence-electron chi connectivity index (χ4n) is 1.29. The molecule has 0 aromatic carbocycles. The van der Waals surface area contributed by atoms with Gasteiger partial charge < -0.3 is 10.3 Å². The molecule has 0 atom stereocenters. The molecule has 0 radical (unpaired) electrons. The van der Waals surface area contributed by atoms with Gasteiger partial charge in [0.05, 0.1) is 12.5 Å².